The number of hydrogen-bond acceptors (Lipinski definition) is 7. The van der Waals surface area contributed by atoms with Gasteiger partial charge in [-0.15, -0.1) is 0 Å². The van der Waals surface area contributed by atoms with Crippen molar-refractivity contribution in [3.8, 4) is 11.5 Å². The first-order chi connectivity index (χ1) is 16.4. The van der Waals surface area contributed by atoms with E-state index in [9.17, 15) is 14.7 Å². The van der Waals surface area contributed by atoms with Gasteiger partial charge in [-0.05, 0) is 59.0 Å². The van der Waals surface area contributed by atoms with Gasteiger partial charge in [-0.3, -0.25) is 4.79 Å². The van der Waals surface area contributed by atoms with Crippen LogP contribution in [-0.4, -0.2) is 35.0 Å². The fourth-order valence-electron chi connectivity index (χ4n) is 3.17. The molecule has 3 aromatic rings. The summed E-state index contributed by atoms with van der Waals surface area (Å²) >= 11 is 1.58. The first-order valence-electron chi connectivity index (χ1n) is 10.5. The van der Waals surface area contributed by atoms with Crippen molar-refractivity contribution in [1.82, 2.24) is 0 Å². The van der Waals surface area contributed by atoms with Gasteiger partial charge in [0.05, 0.1) is 6.21 Å². The molecule has 3 rings (SSSR count). The van der Waals surface area contributed by atoms with Crippen molar-refractivity contribution in [2.24, 2.45) is 5.16 Å². The zero-order valence-electron chi connectivity index (χ0n) is 18.5. The first kappa shape index (κ1) is 24.8. The van der Waals surface area contributed by atoms with Gasteiger partial charge in [0.25, 0.3) is 0 Å². The summed E-state index contributed by atoms with van der Waals surface area (Å²) < 4.78 is 12.2. The normalized spacial score (nSPS) is 11.8. The summed E-state index contributed by atoms with van der Waals surface area (Å²) in [6, 6.07) is 14.8. The third kappa shape index (κ3) is 7.63. The molecule has 0 amide bonds. The van der Waals surface area contributed by atoms with Crippen LogP contribution in [0, 0.1) is 6.92 Å². The van der Waals surface area contributed by atoms with Crippen molar-refractivity contribution in [2.45, 2.75) is 32.5 Å². The number of rotatable bonds is 13. The molecule has 0 aliphatic heterocycles. The van der Waals surface area contributed by atoms with Gasteiger partial charge in [-0.1, -0.05) is 29.4 Å². The number of aryl methyl sites for hydroxylation is 1. The first-order valence-corrected chi connectivity index (χ1v) is 11.5. The number of carbonyl (C=O) groups is 2. The minimum absolute atomic E-state index is 0.0709. The van der Waals surface area contributed by atoms with Crippen molar-refractivity contribution in [3.63, 3.8) is 0 Å². The van der Waals surface area contributed by atoms with Crippen LogP contribution in [0.5, 0.6) is 11.5 Å². The van der Waals surface area contributed by atoms with Crippen LogP contribution in [-0.2, 0) is 21.0 Å². The summed E-state index contributed by atoms with van der Waals surface area (Å²) in [7, 11) is 0. The van der Waals surface area contributed by atoms with Crippen LogP contribution < -0.4 is 9.47 Å². The highest BCUT2D eigenvalue weighted by Crippen LogP contribution is 2.32. The lowest BCUT2D eigenvalue weighted by molar-refractivity contribution is -0.142. The molecule has 0 aliphatic carbocycles. The molecule has 1 heterocycles. The molecule has 0 aliphatic rings. The molecule has 2 aromatic carbocycles. The molecule has 0 spiro atoms. The highest BCUT2D eigenvalue weighted by atomic mass is 32.1. The van der Waals surface area contributed by atoms with E-state index in [1.165, 1.54) is 6.21 Å². The molecule has 0 saturated heterocycles. The Morgan fingerprint density at radius 1 is 1.12 bits per heavy atom. The smallest absolute Gasteiger partial charge is 0.344 e. The molecule has 0 fully saturated rings. The van der Waals surface area contributed by atoms with Gasteiger partial charge in [-0.25, -0.2) is 4.79 Å². The minimum atomic E-state index is -1.14. The molecule has 178 valence electrons. The second-order valence-corrected chi connectivity index (χ2v) is 8.20. The number of carboxylic acids is 2. The van der Waals surface area contributed by atoms with E-state index < -0.39 is 24.6 Å². The number of benzene rings is 2. The van der Waals surface area contributed by atoms with Gasteiger partial charge in [0.15, 0.2) is 0 Å². The van der Waals surface area contributed by atoms with Gasteiger partial charge in [-0.2, -0.15) is 11.3 Å². The van der Waals surface area contributed by atoms with E-state index >= 15 is 0 Å². The maximum absolute atomic E-state index is 11.3. The standard InChI is InChI=1S/C25H25NO7S/c1-17-4-2-3-5-21(17)22(8-9-24(27)28)33-23-12-20(31-14-18-10-11-34-16-18)7-6-19(23)13-26-32-15-25(29)30/h2-7,10-13,16,22H,8-9,14-15H2,1H3,(H,27,28)(H,29,30)/t22-/m0/s1. The highest BCUT2D eigenvalue weighted by Gasteiger charge is 2.19. The van der Waals surface area contributed by atoms with Gasteiger partial charge in [0.2, 0.25) is 6.61 Å². The Bertz CT molecular complexity index is 1130. The molecular formula is C25H25NO7S. The van der Waals surface area contributed by atoms with Crippen molar-refractivity contribution in [2.75, 3.05) is 6.61 Å². The summed E-state index contributed by atoms with van der Waals surface area (Å²) in [6.45, 7) is 1.76. The lowest BCUT2D eigenvalue weighted by Crippen LogP contribution is -2.13. The largest absolute Gasteiger partial charge is 0.489 e. The van der Waals surface area contributed by atoms with E-state index in [-0.39, 0.29) is 12.8 Å². The molecule has 1 aromatic heterocycles. The summed E-state index contributed by atoms with van der Waals surface area (Å²) in [5.41, 5.74) is 3.42. The molecule has 0 unspecified atom stereocenters. The van der Waals surface area contributed by atoms with Crippen LogP contribution >= 0.6 is 11.3 Å². The summed E-state index contributed by atoms with van der Waals surface area (Å²) in [5, 5.41) is 25.6. The van der Waals surface area contributed by atoms with Crippen LogP contribution in [0.1, 0.15) is 41.2 Å². The number of carboxylic acid groups (broad SMARTS) is 2. The maximum atomic E-state index is 11.3. The van der Waals surface area contributed by atoms with E-state index in [1.807, 2.05) is 48.0 Å². The zero-order valence-corrected chi connectivity index (χ0v) is 19.4. The van der Waals surface area contributed by atoms with E-state index in [4.69, 9.17) is 19.4 Å². The third-order valence-electron chi connectivity index (χ3n) is 4.85. The Hall–Kier alpha value is -3.85. The molecule has 0 radical (unpaired) electrons. The Morgan fingerprint density at radius 2 is 1.94 bits per heavy atom. The molecular weight excluding hydrogens is 458 g/mol. The highest BCUT2D eigenvalue weighted by molar-refractivity contribution is 7.07. The second-order valence-electron chi connectivity index (χ2n) is 7.42. The van der Waals surface area contributed by atoms with Gasteiger partial charge in [0.1, 0.15) is 24.2 Å². The number of nitrogens with zero attached hydrogens (tertiary/aromatic N) is 1. The Morgan fingerprint density at radius 3 is 2.65 bits per heavy atom. The Balaban J connectivity index is 1.88. The van der Waals surface area contributed by atoms with E-state index in [2.05, 4.69) is 5.16 Å². The summed E-state index contributed by atoms with van der Waals surface area (Å²) in [5.74, 6) is -1.09. The predicted octanol–water partition coefficient (Wildman–Crippen LogP) is 5.06. The molecule has 8 nitrogen and oxygen atoms in total. The SMILES string of the molecule is Cc1ccccc1[C@H](CCC(=O)O)Oc1cc(OCc2ccsc2)ccc1C=NOCC(=O)O. The predicted molar refractivity (Wildman–Crippen MR) is 128 cm³/mol. The molecule has 9 heteroatoms. The maximum Gasteiger partial charge on any atom is 0.344 e. The number of oxime groups is 1. The van der Waals surface area contributed by atoms with Crippen LogP contribution in [0.15, 0.2) is 64.4 Å². The average Bonchev–Trinajstić information content (AvgIpc) is 3.33. The van der Waals surface area contributed by atoms with E-state index in [0.29, 0.717) is 23.7 Å². The number of ether oxygens (including phenoxy) is 2. The van der Waals surface area contributed by atoms with Crippen molar-refractivity contribution in [1.29, 1.82) is 0 Å². The summed E-state index contributed by atoms with van der Waals surface area (Å²) in [4.78, 5) is 26.7. The van der Waals surface area contributed by atoms with Crippen LogP contribution in [0.2, 0.25) is 0 Å². The topological polar surface area (TPSA) is 115 Å². The van der Waals surface area contributed by atoms with Gasteiger partial charge >= 0.3 is 11.9 Å². The Kier molecular flexibility index (Phi) is 9.04. The van der Waals surface area contributed by atoms with Crippen LogP contribution in [0.25, 0.3) is 0 Å². The molecule has 0 saturated carbocycles. The summed E-state index contributed by atoms with van der Waals surface area (Å²) in [6.07, 6.45) is 1.01. The number of thiophene rings is 1. The third-order valence-corrected chi connectivity index (χ3v) is 5.58. The fourth-order valence-corrected chi connectivity index (χ4v) is 3.83. The monoisotopic (exact) mass is 483 g/mol. The van der Waals surface area contributed by atoms with Gasteiger partial charge in [0, 0.05) is 18.1 Å². The Labute approximate surface area is 201 Å². The molecule has 34 heavy (non-hydrogen) atoms. The number of aliphatic carboxylic acids is 2. The van der Waals surface area contributed by atoms with Gasteiger partial charge < -0.3 is 24.5 Å². The quantitative estimate of drug-likeness (QED) is 0.258. The van der Waals surface area contributed by atoms with E-state index in [1.54, 1.807) is 29.5 Å². The van der Waals surface area contributed by atoms with Crippen LogP contribution in [0.4, 0.5) is 0 Å². The van der Waals surface area contributed by atoms with Crippen molar-refractivity contribution < 1.29 is 34.1 Å². The van der Waals surface area contributed by atoms with Crippen molar-refractivity contribution >= 4 is 29.5 Å². The second kappa shape index (κ2) is 12.4. The molecule has 1 atom stereocenters. The van der Waals surface area contributed by atoms with Crippen molar-refractivity contribution in [3.05, 3.63) is 81.5 Å². The molecule has 0 bridgehead atoms. The van der Waals surface area contributed by atoms with E-state index in [0.717, 1.165) is 16.7 Å². The lowest BCUT2D eigenvalue weighted by atomic mass is 9.99. The minimum Gasteiger partial charge on any atom is -0.489 e. The fraction of sp³-hybridized carbons (Fsp3) is 0.240. The zero-order chi connectivity index (χ0) is 24.3. The average molecular weight is 484 g/mol. The number of hydrogen-bond donors (Lipinski definition) is 2. The lowest BCUT2D eigenvalue weighted by Gasteiger charge is -2.22. The van der Waals surface area contributed by atoms with Crippen LogP contribution in [0.3, 0.4) is 0 Å². The molecule has 2 N–H and O–H groups in total.